The number of carbonyl (C=O) groups is 2. The average Bonchev–Trinajstić information content (AvgIpc) is 2.65. The van der Waals surface area contributed by atoms with Gasteiger partial charge in [0.15, 0.2) is 6.61 Å². The fraction of sp³-hybridized carbons (Fsp3) is 0.263. The van der Waals surface area contributed by atoms with Crippen LogP contribution in [0, 0.1) is 11.6 Å². The predicted octanol–water partition coefficient (Wildman–Crippen LogP) is 3.31. The van der Waals surface area contributed by atoms with Crippen molar-refractivity contribution >= 4 is 17.6 Å². The van der Waals surface area contributed by atoms with Crippen LogP contribution in [0.3, 0.4) is 0 Å². The summed E-state index contributed by atoms with van der Waals surface area (Å²) in [5, 5.41) is 2.13. The minimum atomic E-state index is -0.792. The van der Waals surface area contributed by atoms with Crippen LogP contribution in [0.25, 0.3) is 0 Å². The van der Waals surface area contributed by atoms with Crippen LogP contribution in [0.4, 0.5) is 14.5 Å². The highest BCUT2D eigenvalue weighted by atomic mass is 19.1. The number of carbonyl (C=O) groups excluding carboxylic acids is 2. The molecule has 0 saturated carbocycles. The lowest BCUT2D eigenvalue weighted by atomic mass is 10.3. The quantitative estimate of drug-likeness (QED) is 0.677. The average molecular weight is 379 g/mol. The molecule has 6 nitrogen and oxygen atoms in total. The van der Waals surface area contributed by atoms with Gasteiger partial charge in [0.25, 0.3) is 5.91 Å². The summed E-state index contributed by atoms with van der Waals surface area (Å²) >= 11 is 0. The van der Waals surface area contributed by atoms with Crippen molar-refractivity contribution in [1.82, 2.24) is 0 Å². The van der Waals surface area contributed by atoms with E-state index in [-0.39, 0.29) is 18.7 Å². The predicted molar refractivity (Wildman–Crippen MR) is 93.7 cm³/mol. The summed E-state index contributed by atoms with van der Waals surface area (Å²) in [6.45, 7) is 1.89. The van der Waals surface area contributed by atoms with Crippen molar-refractivity contribution < 1.29 is 32.6 Å². The Morgan fingerprint density at radius 1 is 1.00 bits per heavy atom. The lowest BCUT2D eigenvalue weighted by Gasteiger charge is -2.09. The van der Waals surface area contributed by atoms with Crippen LogP contribution in [0.2, 0.25) is 0 Å². The zero-order chi connectivity index (χ0) is 19.6. The Labute approximate surface area is 155 Å². The molecule has 0 saturated heterocycles. The van der Waals surface area contributed by atoms with Gasteiger partial charge in [-0.25, -0.2) is 8.78 Å². The van der Waals surface area contributed by atoms with Gasteiger partial charge in [-0.2, -0.15) is 0 Å². The molecule has 0 aliphatic heterocycles. The standard InChI is InChI=1S/C19H19F2NO5/c1-2-25-14-4-6-15(7-5-14)26-10-9-19(24)27-12-18(23)22-17-11-13(20)3-8-16(17)21/h3-8,11H,2,9-10,12H2,1H3,(H,22,23). The van der Waals surface area contributed by atoms with E-state index in [4.69, 9.17) is 14.2 Å². The van der Waals surface area contributed by atoms with Gasteiger partial charge in [-0.05, 0) is 43.3 Å². The molecule has 2 rings (SSSR count). The van der Waals surface area contributed by atoms with E-state index < -0.39 is 30.1 Å². The Bertz CT molecular complexity index is 780. The molecular formula is C19H19F2NO5. The number of esters is 1. The second kappa shape index (κ2) is 10.1. The van der Waals surface area contributed by atoms with E-state index in [1.807, 2.05) is 6.92 Å². The third-order valence-corrected chi connectivity index (χ3v) is 3.28. The maximum absolute atomic E-state index is 13.4. The Hall–Kier alpha value is -3.16. The van der Waals surface area contributed by atoms with E-state index in [1.54, 1.807) is 24.3 Å². The van der Waals surface area contributed by atoms with Gasteiger partial charge in [0.05, 0.1) is 25.3 Å². The number of anilines is 1. The molecular weight excluding hydrogens is 360 g/mol. The molecule has 2 aromatic rings. The second-order valence-electron chi connectivity index (χ2n) is 5.34. The number of halogens is 2. The van der Waals surface area contributed by atoms with Crippen molar-refractivity contribution in [2.45, 2.75) is 13.3 Å². The number of ether oxygens (including phenoxy) is 3. The molecule has 0 heterocycles. The first kappa shape index (κ1) is 20.2. The van der Waals surface area contributed by atoms with Crippen molar-refractivity contribution in [3.05, 3.63) is 54.1 Å². The summed E-state index contributed by atoms with van der Waals surface area (Å²) in [6.07, 6.45) is -0.0746. The molecule has 1 amide bonds. The zero-order valence-corrected chi connectivity index (χ0v) is 14.7. The summed E-state index contributed by atoms with van der Waals surface area (Å²) in [5.41, 5.74) is -0.324. The summed E-state index contributed by atoms with van der Waals surface area (Å²) in [5.74, 6) is -1.65. The largest absolute Gasteiger partial charge is 0.494 e. The Morgan fingerprint density at radius 2 is 1.67 bits per heavy atom. The Morgan fingerprint density at radius 3 is 2.33 bits per heavy atom. The van der Waals surface area contributed by atoms with E-state index in [9.17, 15) is 18.4 Å². The van der Waals surface area contributed by atoms with Gasteiger partial charge < -0.3 is 19.5 Å². The van der Waals surface area contributed by atoms with E-state index in [0.29, 0.717) is 18.1 Å². The van der Waals surface area contributed by atoms with Gasteiger partial charge in [0, 0.05) is 6.07 Å². The molecule has 0 aromatic heterocycles. The first-order valence-electron chi connectivity index (χ1n) is 8.24. The second-order valence-corrected chi connectivity index (χ2v) is 5.34. The van der Waals surface area contributed by atoms with Crippen molar-refractivity contribution in [1.29, 1.82) is 0 Å². The molecule has 0 unspecified atom stereocenters. The van der Waals surface area contributed by atoms with Gasteiger partial charge in [-0.3, -0.25) is 9.59 Å². The fourth-order valence-corrected chi connectivity index (χ4v) is 2.05. The van der Waals surface area contributed by atoms with Gasteiger partial charge in [-0.15, -0.1) is 0 Å². The molecule has 0 fully saturated rings. The van der Waals surface area contributed by atoms with Crippen LogP contribution >= 0.6 is 0 Å². The zero-order valence-electron chi connectivity index (χ0n) is 14.7. The number of hydrogen-bond donors (Lipinski definition) is 1. The van der Waals surface area contributed by atoms with Crippen LogP contribution < -0.4 is 14.8 Å². The Kier molecular flexibility index (Phi) is 7.54. The number of hydrogen-bond acceptors (Lipinski definition) is 5. The molecule has 27 heavy (non-hydrogen) atoms. The molecule has 8 heteroatoms. The van der Waals surface area contributed by atoms with Gasteiger partial charge in [-0.1, -0.05) is 0 Å². The van der Waals surface area contributed by atoms with Crippen molar-refractivity contribution in [2.75, 3.05) is 25.1 Å². The SMILES string of the molecule is CCOc1ccc(OCCC(=O)OCC(=O)Nc2cc(F)ccc2F)cc1. The van der Waals surface area contributed by atoms with Crippen LogP contribution in [0.5, 0.6) is 11.5 Å². The van der Waals surface area contributed by atoms with Gasteiger partial charge in [0.2, 0.25) is 0 Å². The number of nitrogens with one attached hydrogen (secondary N) is 1. The number of amides is 1. The van der Waals surface area contributed by atoms with Crippen molar-refractivity contribution in [2.24, 2.45) is 0 Å². The molecule has 0 spiro atoms. The number of benzene rings is 2. The highest BCUT2D eigenvalue weighted by Crippen LogP contribution is 2.18. The maximum atomic E-state index is 13.4. The summed E-state index contributed by atoms with van der Waals surface area (Å²) < 4.78 is 41.9. The minimum Gasteiger partial charge on any atom is -0.494 e. The molecule has 2 aromatic carbocycles. The molecule has 0 aliphatic rings. The van der Waals surface area contributed by atoms with E-state index in [2.05, 4.69) is 5.32 Å². The van der Waals surface area contributed by atoms with Crippen LogP contribution in [-0.2, 0) is 14.3 Å². The summed E-state index contributed by atoms with van der Waals surface area (Å²) in [7, 11) is 0. The normalized spacial score (nSPS) is 10.2. The first-order chi connectivity index (χ1) is 13.0. The third kappa shape index (κ3) is 6.93. The number of rotatable bonds is 9. The van der Waals surface area contributed by atoms with Gasteiger partial charge in [0.1, 0.15) is 23.1 Å². The third-order valence-electron chi connectivity index (χ3n) is 3.28. The van der Waals surface area contributed by atoms with E-state index >= 15 is 0 Å². The first-order valence-corrected chi connectivity index (χ1v) is 8.24. The highest BCUT2D eigenvalue weighted by molar-refractivity contribution is 5.92. The molecule has 0 aliphatic carbocycles. The fourth-order valence-electron chi connectivity index (χ4n) is 2.05. The van der Waals surface area contributed by atoms with Crippen LogP contribution in [0.1, 0.15) is 13.3 Å². The molecule has 0 radical (unpaired) electrons. The Balaban J connectivity index is 1.68. The molecule has 144 valence electrons. The van der Waals surface area contributed by atoms with Crippen molar-refractivity contribution in [3.8, 4) is 11.5 Å². The van der Waals surface area contributed by atoms with Gasteiger partial charge >= 0.3 is 5.97 Å². The lowest BCUT2D eigenvalue weighted by Crippen LogP contribution is -2.22. The van der Waals surface area contributed by atoms with E-state index in [1.165, 1.54) is 0 Å². The summed E-state index contributed by atoms with van der Waals surface area (Å²) in [6, 6.07) is 9.54. The smallest absolute Gasteiger partial charge is 0.309 e. The summed E-state index contributed by atoms with van der Waals surface area (Å²) in [4.78, 5) is 23.3. The van der Waals surface area contributed by atoms with E-state index in [0.717, 1.165) is 18.2 Å². The minimum absolute atomic E-state index is 0.0625. The molecule has 0 atom stereocenters. The highest BCUT2D eigenvalue weighted by Gasteiger charge is 2.11. The molecule has 0 bridgehead atoms. The van der Waals surface area contributed by atoms with Crippen LogP contribution in [0.15, 0.2) is 42.5 Å². The monoisotopic (exact) mass is 379 g/mol. The lowest BCUT2D eigenvalue weighted by molar-refractivity contribution is -0.147. The maximum Gasteiger partial charge on any atom is 0.309 e. The van der Waals surface area contributed by atoms with Crippen LogP contribution in [-0.4, -0.2) is 31.7 Å². The topological polar surface area (TPSA) is 73.9 Å². The molecule has 1 N–H and O–H groups in total. The van der Waals surface area contributed by atoms with Crippen molar-refractivity contribution in [3.63, 3.8) is 0 Å².